The van der Waals surface area contributed by atoms with E-state index in [9.17, 15) is 0 Å². The van der Waals surface area contributed by atoms with Crippen LogP contribution in [0.15, 0.2) is 182 Å². The zero-order valence-electron chi connectivity index (χ0n) is 29.6. The molecule has 0 radical (unpaired) electrons. The van der Waals surface area contributed by atoms with Crippen molar-refractivity contribution in [3.05, 3.63) is 188 Å². The molecule has 0 aliphatic carbocycles. The van der Waals surface area contributed by atoms with Crippen LogP contribution in [0, 0.1) is 0 Å². The Bertz CT molecular complexity index is 2740. The summed E-state index contributed by atoms with van der Waals surface area (Å²) in [5, 5.41) is 10.1. The van der Waals surface area contributed by atoms with Gasteiger partial charge in [-0.05, 0) is 140 Å². The minimum atomic E-state index is -0.321. The normalized spacial score (nSPS) is 11.8. The monoisotopic (exact) mass is 668 g/mol. The van der Waals surface area contributed by atoms with Gasteiger partial charge in [-0.3, -0.25) is 0 Å². The van der Waals surface area contributed by atoms with Gasteiger partial charge >= 0.3 is 0 Å². The third-order valence-corrected chi connectivity index (χ3v) is 10.3. The minimum Gasteiger partial charge on any atom is -0.325 e. The molecule has 52 heavy (non-hydrogen) atoms. The maximum absolute atomic E-state index is 6.60. The SMILES string of the molecule is CC(C)(N)Cc1cccc2c(-c3cccc(N(c4ccccc4)c4ccc(-c5cc6ccccc6c6ccccc56)cc4)c3)cc3ccccc3c12. The molecule has 0 atom stereocenters. The third-order valence-electron chi connectivity index (χ3n) is 10.3. The number of fused-ring (bicyclic) bond motifs is 6. The summed E-state index contributed by atoms with van der Waals surface area (Å²) < 4.78 is 0. The van der Waals surface area contributed by atoms with Crippen LogP contribution in [0.3, 0.4) is 0 Å². The van der Waals surface area contributed by atoms with Gasteiger partial charge < -0.3 is 10.6 Å². The summed E-state index contributed by atoms with van der Waals surface area (Å²) in [6.07, 6.45) is 0.796. The molecule has 9 aromatic rings. The first-order valence-corrected chi connectivity index (χ1v) is 18.1. The van der Waals surface area contributed by atoms with Crippen molar-refractivity contribution in [1.82, 2.24) is 0 Å². The smallest absolute Gasteiger partial charge is 0.0467 e. The van der Waals surface area contributed by atoms with E-state index >= 15 is 0 Å². The number of rotatable bonds is 7. The van der Waals surface area contributed by atoms with Crippen molar-refractivity contribution < 1.29 is 0 Å². The van der Waals surface area contributed by atoms with E-state index < -0.39 is 0 Å². The van der Waals surface area contributed by atoms with Crippen LogP contribution >= 0.6 is 0 Å². The molecule has 250 valence electrons. The topological polar surface area (TPSA) is 29.3 Å². The molecular weight excluding hydrogens is 629 g/mol. The molecule has 0 aliphatic heterocycles. The molecule has 0 spiro atoms. The van der Waals surface area contributed by atoms with Crippen molar-refractivity contribution in [3.8, 4) is 22.3 Å². The molecule has 0 saturated carbocycles. The Labute approximate surface area is 305 Å². The number of benzene rings is 9. The van der Waals surface area contributed by atoms with Crippen LogP contribution in [0.5, 0.6) is 0 Å². The summed E-state index contributed by atoms with van der Waals surface area (Å²) in [5.41, 5.74) is 15.7. The van der Waals surface area contributed by atoms with E-state index in [0.29, 0.717) is 0 Å². The van der Waals surface area contributed by atoms with Gasteiger partial charge in [0.1, 0.15) is 0 Å². The summed E-state index contributed by atoms with van der Waals surface area (Å²) in [5.74, 6) is 0. The van der Waals surface area contributed by atoms with Gasteiger partial charge in [0, 0.05) is 22.6 Å². The lowest BCUT2D eigenvalue weighted by molar-refractivity contribution is 0.518. The predicted molar refractivity (Wildman–Crippen MR) is 224 cm³/mol. The average Bonchev–Trinajstić information content (AvgIpc) is 3.18. The van der Waals surface area contributed by atoms with Gasteiger partial charge in [0.15, 0.2) is 0 Å². The fraction of sp³-hybridized carbons (Fsp3) is 0.0800. The van der Waals surface area contributed by atoms with Crippen molar-refractivity contribution in [1.29, 1.82) is 0 Å². The van der Waals surface area contributed by atoms with E-state index in [0.717, 1.165) is 23.5 Å². The molecule has 2 heteroatoms. The Morgan fingerprint density at radius 2 is 0.962 bits per heavy atom. The zero-order valence-corrected chi connectivity index (χ0v) is 29.6. The van der Waals surface area contributed by atoms with E-state index in [1.165, 1.54) is 70.9 Å². The Morgan fingerprint density at radius 3 is 1.69 bits per heavy atom. The van der Waals surface area contributed by atoms with Gasteiger partial charge in [-0.2, -0.15) is 0 Å². The second kappa shape index (κ2) is 12.8. The lowest BCUT2D eigenvalue weighted by Crippen LogP contribution is -2.34. The number of nitrogens with two attached hydrogens (primary N) is 1. The molecule has 0 fully saturated rings. The molecule has 2 N–H and O–H groups in total. The highest BCUT2D eigenvalue weighted by Crippen LogP contribution is 2.42. The summed E-state index contributed by atoms with van der Waals surface area (Å²) >= 11 is 0. The maximum Gasteiger partial charge on any atom is 0.0467 e. The molecule has 2 nitrogen and oxygen atoms in total. The van der Waals surface area contributed by atoms with Crippen LogP contribution < -0.4 is 10.6 Å². The zero-order chi connectivity index (χ0) is 35.2. The molecule has 0 unspecified atom stereocenters. The highest BCUT2D eigenvalue weighted by Gasteiger charge is 2.19. The van der Waals surface area contributed by atoms with Crippen LogP contribution in [-0.4, -0.2) is 5.54 Å². The summed E-state index contributed by atoms with van der Waals surface area (Å²) in [6, 6.07) is 66.2. The largest absolute Gasteiger partial charge is 0.325 e. The van der Waals surface area contributed by atoms with Gasteiger partial charge in [0.25, 0.3) is 0 Å². The van der Waals surface area contributed by atoms with Crippen molar-refractivity contribution in [2.45, 2.75) is 25.8 Å². The van der Waals surface area contributed by atoms with E-state index in [1.807, 2.05) is 0 Å². The van der Waals surface area contributed by atoms with Gasteiger partial charge in [-0.1, -0.05) is 133 Å². The van der Waals surface area contributed by atoms with Gasteiger partial charge in [-0.25, -0.2) is 0 Å². The van der Waals surface area contributed by atoms with Crippen LogP contribution in [0.1, 0.15) is 19.4 Å². The van der Waals surface area contributed by atoms with Crippen LogP contribution in [0.4, 0.5) is 17.1 Å². The number of anilines is 3. The first kappa shape index (κ1) is 31.7. The number of hydrogen-bond donors (Lipinski definition) is 1. The van der Waals surface area contributed by atoms with E-state index in [1.54, 1.807) is 0 Å². The lowest BCUT2D eigenvalue weighted by Gasteiger charge is -2.26. The predicted octanol–water partition coefficient (Wildman–Crippen LogP) is 13.4. The van der Waals surface area contributed by atoms with Gasteiger partial charge in [-0.15, -0.1) is 0 Å². The minimum absolute atomic E-state index is 0.321. The van der Waals surface area contributed by atoms with Crippen molar-refractivity contribution >= 4 is 60.2 Å². The number of hydrogen-bond acceptors (Lipinski definition) is 2. The summed E-state index contributed by atoms with van der Waals surface area (Å²) in [4.78, 5) is 2.36. The van der Waals surface area contributed by atoms with Crippen LogP contribution in [0.2, 0.25) is 0 Å². The highest BCUT2D eigenvalue weighted by atomic mass is 15.1. The molecule has 0 amide bonds. The van der Waals surface area contributed by atoms with E-state index in [-0.39, 0.29) is 5.54 Å². The molecule has 0 bridgehead atoms. The fourth-order valence-electron chi connectivity index (χ4n) is 8.02. The third kappa shape index (κ3) is 5.78. The summed E-state index contributed by atoms with van der Waals surface area (Å²) in [7, 11) is 0. The van der Waals surface area contributed by atoms with Crippen LogP contribution in [0.25, 0.3) is 65.3 Å². The Morgan fingerprint density at radius 1 is 0.423 bits per heavy atom. The molecule has 9 rings (SSSR count). The Hall–Kier alpha value is -6.22. The number of para-hydroxylation sites is 1. The van der Waals surface area contributed by atoms with Gasteiger partial charge in [0.05, 0.1) is 0 Å². The van der Waals surface area contributed by atoms with E-state index in [4.69, 9.17) is 5.73 Å². The quantitative estimate of drug-likeness (QED) is 0.171. The highest BCUT2D eigenvalue weighted by molar-refractivity contribution is 6.16. The van der Waals surface area contributed by atoms with Crippen molar-refractivity contribution in [3.63, 3.8) is 0 Å². The van der Waals surface area contributed by atoms with E-state index in [2.05, 4.69) is 201 Å². The van der Waals surface area contributed by atoms with Crippen LogP contribution in [-0.2, 0) is 6.42 Å². The second-order valence-electron chi connectivity index (χ2n) is 14.6. The first-order chi connectivity index (χ1) is 25.4. The molecule has 0 aliphatic rings. The average molecular weight is 669 g/mol. The Kier molecular flexibility index (Phi) is 7.83. The maximum atomic E-state index is 6.60. The molecule has 0 aromatic heterocycles. The van der Waals surface area contributed by atoms with Gasteiger partial charge in [0.2, 0.25) is 0 Å². The summed E-state index contributed by atoms with van der Waals surface area (Å²) in [6.45, 7) is 4.21. The molecule has 0 heterocycles. The first-order valence-electron chi connectivity index (χ1n) is 18.1. The van der Waals surface area contributed by atoms with Crippen molar-refractivity contribution in [2.24, 2.45) is 5.73 Å². The molecular formula is C50H40N2. The standard InChI is InChI=1S/C50H40N2/c1-50(2,51)33-38-17-13-25-46-48(32-37-15-7-9-22-43(37)49(38)46)35-16-12-20-41(30-35)52(39-18-4-3-5-19-39)40-28-26-34(27-29-40)47-31-36-14-6-8-21-42(36)44-23-10-11-24-45(44)47/h3-32H,33,51H2,1-2H3. The number of nitrogens with zero attached hydrogens (tertiary/aromatic N) is 1. The Balaban J connectivity index is 1.18. The fourth-order valence-corrected chi connectivity index (χ4v) is 8.02. The molecule has 0 saturated heterocycles. The second-order valence-corrected chi connectivity index (χ2v) is 14.6. The van der Waals surface area contributed by atoms with Crippen molar-refractivity contribution in [2.75, 3.05) is 4.90 Å². The lowest BCUT2D eigenvalue weighted by atomic mass is 9.87. The molecule has 9 aromatic carbocycles.